The number of carbonyl (C=O) groups is 1. The number of rotatable bonds is 5. The molecule has 2 aromatic rings. The molecule has 0 saturated carbocycles. The van der Waals surface area contributed by atoms with Crippen molar-refractivity contribution in [3.8, 4) is 0 Å². The number of thiol groups is 1. The first-order chi connectivity index (χ1) is 8.70. The van der Waals surface area contributed by atoms with E-state index in [1.54, 1.807) is 11.2 Å². The number of nitrogens with zero attached hydrogens (tertiary/aromatic N) is 2. The number of carbonyl (C=O) groups excluding carboxylic acids is 1. The van der Waals surface area contributed by atoms with Gasteiger partial charge in [-0.1, -0.05) is 6.07 Å². The molecule has 5 heteroatoms. The number of benzene rings is 1. The van der Waals surface area contributed by atoms with Gasteiger partial charge in [0.2, 0.25) is 5.91 Å². The Bertz CT molecular complexity index is 538. The van der Waals surface area contributed by atoms with Crippen LogP contribution in [0.5, 0.6) is 0 Å². The Balaban J connectivity index is 1.95. The lowest BCUT2D eigenvalue weighted by Crippen LogP contribution is -2.28. The van der Waals surface area contributed by atoms with E-state index in [2.05, 4.69) is 34.7 Å². The summed E-state index contributed by atoms with van der Waals surface area (Å²) < 4.78 is 0. The molecule has 0 aliphatic rings. The summed E-state index contributed by atoms with van der Waals surface area (Å²) in [4.78, 5) is 20.6. The number of amides is 1. The van der Waals surface area contributed by atoms with Crippen molar-refractivity contribution in [3.63, 3.8) is 0 Å². The van der Waals surface area contributed by atoms with Crippen molar-refractivity contribution >= 4 is 29.6 Å². The van der Waals surface area contributed by atoms with Crippen LogP contribution < -0.4 is 0 Å². The minimum Gasteiger partial charge on any atom is -0.345 e. The lowest BCUT2D eigenvalue weighted by Gasteiger charge is -2.16. The normalized spacial score (nSPS) is 10.8. The SMILES string of the molecule is CN(CCc1ccc2nc[nH]c2c1)C(=O)CCS. The van der Waals surface area contributed by atoms with Crippen molar-refractivity contribution < 1.29 is 4.79 Å². The fraction of sp³-hybridized carbons (Fsp3) is 0.385. The van der Waals surface area contributed by atoms with E-state index in [9.17, 15) is 4.79 Å². The summed E-state index contributed by atoms with van der Waals surface area (Å²) in [6.07, 6.45) is 3.04. The van der Waals surface area contributed by atoms with E-state index in [1.165, 1.54) is 5.56 Å². The van der Waals surface area contributed by atoms with Crippen molar-refractivity contribution in [2.75, 3.05) is 19.3 Å². The third-order valence-electron chi connectivity index (χ3n) is 2.97. The number of hydrogen-bond acceptors (Lipinski definition) is 3. The molecule has 0 bridgehead atoms. The Morgan fingerprint density at radius 1 is 1.50 bits per heavy atom. The number of fused-ring (bicyclic) bond motifs is 1. The summed E-state index contributed by atoms with van der Waals surface area (Å²) in [7, 11) is 1.83. The third kappa shape index (κ3) is 3.04. The van der Waals surface area contributed by atoms with Gasteiger partial charge in [0.15, 0.2) is 0 Å². The number of aromatic amines is 1. The van der Waals surface area contributed by atoms with Crippen LogP contribution in [0.3, 0.4) is 0 Å². The Morgan fingerprint density at radius 3 is 3.11 bits per heavy atom. The van der Waals surface area contributed by atoms with E-state index < -0.39 is 0 Å². The summed E-state index contributed by atoms with van der Waals surface area (Å²) in [6, 6.07) is 6.13. The van der Waals surface area contributed by atoms with Gasteiger partial charge in [0, 0.05) is 20.0 Å². The van der Waals surface area contributed by atoms with Crippen LogP contribution in [0.4, 0.5) is 0 Å². The van der Waals surface area contributed by atoms with Gasteiger partial charge < -0.3 is 9.88 Å². The van der Waals surface area contributed by atoms with Gasteiger partial charge in [0.1, 0.15) is 0 Å². The lowest BCUT2D eigenvalue weighted by molar-refractivity contribution is -0.129. The third-order valence-corrected chi connectivity index (χ3v) is 3.20. The van der Waals surface area contributed by atoms with Gasteiger partial charge in [-0.25, -0.2) is 4.98 Å². The highest BCUT2D eigenvalue weighted by Crippen LogP contribution is 2.12. The quantitative estimate of drug-likeness (QED) is 0.809. The van der Waals surface area contributed by atoms with Crippen LogP contribution in [0.25, 0.3) is 11.0 Å². The van der Waals surface area contributed by atoms with Crippen molar-refractivity contribution in [2.45, 2.75) is 12.8 Å². The largest absolute Gasteiger partial charge is 0.345 e. The predicted molar refractivity (Wildman–Crippen MR) is 75.9 cm³/mol. The molecule has 0 spiro atoms. The molecule has 1 aromatic heterocycles. The van der Waals surface area contributed by atoms with Gasteiger partial charge in [-0.05, 0) is 29.9 Å². The minimum atomic E-state index is 0.146. The first kappa shape index (κ1) is 13.0. The fourth-order valence-electron chi connectivity index (χ4n) is 1.85. The molecule has 0 radical (unpaired) electrons. The van der Waals surface area contributed by atoms with E-state index >= 15 is 0 Å². The van der Waals surface area contributed by atoms with Crippen LogP contribution in [0.2, 0.25) is 0 Å². The molecule has 18 heavy (non-hydrogen) atoms. The minimum absolute atomic E-state index is 0.146. The lowest BCUT2D eigenvalue weighted by atomic mass is 10.1. The average Bonchev–Trinajstić information content (AvgIpc) is 2.83. The van der Waals surface area contributed by atoms with Crippen LogP contribution in [0.15, 0.2) is 24.5 Å². The Kier molecular flexibility index (Phi) is 4.25. The first-order valence-electron chi connectivity index (χ1n) is 5.97. The van der Waals surface area contributed by atoms with Gasteiger partial charge in [0.25, 0.3) is 0 Å². The summed E-state index contributed by atoms with van der Waals surface area (Å²) in [5.74, 6) is 0.746. The number of aromatic nitrogens is 2. The molecule has 1 aromatic carbocycles. The van der Waals surface area contributed by atoms with Crippen molar-refractivity contribution in [2.24, 2.45) is 0 Å². The van der Waals surface area contributed by atoms with Gasteiger partial charge in [-0.3, -0.25) is 4.79 Å². The van der Waals surface area contributed by atoms with Crippen molar-refractivity contribution in [3.05, 3.63) is 30.1 Å². The van der Waals surface area contributed by atoms with Gasteiger partial charge in [-0.15, -0.1) is 0 Å². The zero-order chi connectivity index (χ0) is 13.0. The Hall–Kier alpha value is -1.49. The first-order valence-corrected chi connectivity index (χ1v) is 6.61. The molecule has 0 fully saturated rings. The van der Waals surface area contributed by atoms with Gasteiger partial charge in [-0.2, -0.15) is 12.6 Å². The van der Waals surface area contributed by atoms with Gasteiger partial charge in [0.05, 0.1) is 17.4 Å². The maximum Gasteiger partial charge on any atom is 0.223 e. The van der Waals surface area contributed by atoms with Crippen LogP contribution in [-0.4, -0.2) is 40.1 Å². The average molecular weight is 263 g/mol. The Labute approximate surface area is 112 Å². The number of likely N-dealkylation sites (N-methyl/N-ethyl adjacent to an activating group) is 1. The van der Waals surface area contributed by atoms with Crippen LogP contribution in [0, 0.1) is 0 Å². The summed E-state index contributed by atoms with van der Waals surface area (Å²) in [5.41, 5.74) is 3.22. The molecule has 0 aliphatic carbocycles. The fourth-order valence-corrected chi connectivity index (χ4v) is 2.04. The maximum absolute atomic E-state index is 11.6. The highest BCUT2D eigenvalue weighted by molar-refractivity contribution is 7.80. The summed E-state index contributed by atoms with van der Waals surface area (Å²) >= 11 is 4.07. The number of imidazole rings is 1. The van der Waals surface area contributed by atoms with Crippen molar-refractivity contribution in [1.82, 2.24) is 14.9 Å². The molecular weight excluding hydrogens is 246 g/mol. The number of nitrogens with one attached hydrogen (secondary N) is 1. The van der Waals surface area contributed by atoms with E-state index in [0.717, 1.165) is 24.0 Å². The highest BCUT2D eigenvalue weighted by atomic mass is 32.1. The second kappa shape index (κ2) is 5.91. The molecular formula is C13H17N3OS. The van der Waals surface area contributed by atoms with Crippen molar-refractivity contribution in [1.29, 1.82) is 0 Å². The van der Waals surface area contributed by atoms with E-state index in [0.29, 0.717) is 12.2 Å². The molecule has 4 nitrogen and oxygen atoms in total. The zero-order valence-electron chi connectivity index (χ0n) is 10.4. The second-order valence-corrected chi connectivity index (χ2v) is 4.74. The summed E-state index contributed by atoms with van der Waals surface area (Å²) in [5, 5.41) is 0. The molecule has 0 saturated heterocycles. The predicted octanol–water partition coefficient (Wildman–Crippen LogP) is 1.88. The standard InChI is InChI=1S/C13H17N3OS/c1-16(13(17)5-7-18)6-4-10-2-3-11-12(8-10)15-9-14-11/h2-3,8-9,18H,4-7H2,1H3,(H,14,15). The molecule has 1 amide bonds. The molecule has 0 unspecified atom stereocenters. The molecule has 2 rings (SSSR count). The molecule has 0 aliphatic heterocycles. The monoisotopic (exact) mass is 263 g/mol. The smallest absolute Gasteiger partial charge is 0.223 e. The highest BCUT2D eigenvalue weighted by Gasteiger charge is 2.07. The number of hydrogen-bond donors (Lipinski definition) is 2. The molecule has 1 heterocycles. The van der Waals surface area contributed by atoms with Crippen LogP contribution in [-0.2, 0) is 11.2 Å². The van der Waals surface area contributed by atoms with E-state index in [4.69, 9.17) is 0 Å². The van der Waals surface area contributed by atoms with E-state index in [-0.39, 0.29) is 5.91 Å². The molecule has 96 valence electrons. The molecule has 0 atom stereocenters. The van der Waals surface area contributed by atoms with E-state index in [1.807, 2.05) is 13.1 Å². The second-order valence-electron chi connectivity index (χ2n) is 4.29. The topological polar surface area (TPSA) is 49.0 Å². The summed E-state index contributed by atoms with van der Waals surface area (Å²) in [6.45, 7) is 0.728. The zero-order valence-corrected chi connectivity index (χ0v) is 11.3. The Morgan fingerprint density at radius 2 is 2.33 bits per heavy atom. The van der Waals surface area contributed by atoms with Gasteiger partial charge >= 0.3 is 0 Å². The molecule has 1 N–H and O–H groups in total. The van der Waals surface area contributed by atoms with Crippen LogP contribution in [0.1, 0.15) is 12.0 Å². The maximum atomic E-state index is 11.6. The number of H-pyrrole nitrogens is 1. The van der Waals surface area contributed by atoms with Crippen LogP contribution >= 0.6 is 12.6 Å².